The van der Waals surface area contributed by atoms with Crippen LogP contribution in [0.1, 0.15) is 55.0 Å². The van der Waals surface area contributed by atoms with Gasteiger partial charge in [0, 0.05) is 12.0 Å². The molecule has 0 amide bonds. The quantitative estimate of drug-likeness (QED) is 0.505. The molecule has 25 heavy (non-hydrogen) atoms. The summed E-state index contributed by atoms with van der Waals surface area (Å²) in [7, 11) is 0. The molecule has 0 radical (unpaired) electrons. The highest BCUT2D eigenvalue weighted by Crippen LogP contribution is 2.28. The number of aryl methyl sites for hydroxylation is 4. The fraction of sp³-hybridized carbons (Fsp3) is 0.409. The number of rotatable bonds is 7. The number of esters is 1. The second kappa shape index (κ2) is 8.70. The van der Waals surface area contributed by atoms with E-state index in [1.807, 2.05) is 25.1 Å². The predicted molar refractivity (Wildman–Crippen MR) is 101 cm³/mol. The highest BCUT2D eigenvalue weighted by atomic mass is 16.5. The first-order chi connectivity index (χ1) is 12.0. The van der Waals surface area contributed by atoms with Crippen molar-refractivity contribution in [3.8, 4) is 11.5 Å². The van der Waals surface area contributed by atoms with E-state index in [0.717, 1.165) is 29.7 Å². The lowest BCUT2D eigenvalue weighted by molar-refractivity contribution is -0.134. The fourth-order valence-electron chi connectivity index (χ4n) is 2.87. The molecule has 2 aromatic carbocycles. The molecule has 0 fully saturated rings. The van der Waals surface area contributed by atoms with Gasteiger partial charge in [0.25, 0.3) is 0 Å². The molecule has 3 heteroatoms. The van der Waals surface area contributed by atoms with Gasteiger partial charge in [0.05, 0.1) is 0 Å². The summed E-state index contributed by atoms with van der Waals surface area (Å²) < 4.78 is 11.6. The minimum Gasteiger partial charge on any atom is -0.488 e. The van der Waals surface area contributed by atoms with Gasteiger partial charge in [0.15, 0.2) is 0 Å². The Balaban J connectivity index is 2.27. The summed E-state index contributed by atoms with van der Waals surface area (Å²) in [4.78, 5) is 11.7. The molecular weight excluding hydrogens is 312 g/mol. The molecule has 134 valence electrons. The molecule has 0 N–H and O–H groups in total. The average molecular weight is 340 g/mol. The van der Waals surface area contributed by atoms with E-state index in [-0.39, 0.29) is 5.97 Å². The first-order valence-electron chi connectivity index (χ1n) is 9.04. The van der Waals surface area contributed by atoms with Gasteiger partial charge in [0.2, 0.25) is 0 Å². The number of carbonyl (C=O) groups is 1. The summed E-state index contributed by atoms with van der Waals surface area (Å²) in [6, 6.07) is 10.1. The molecule has 0 unspecified atom stereocenters. The van der Waals surface area contributed by atoms with Gasteiger partial charge in [-0.05, 0) is 61.1 Å². The van der Waals surface area contributed by atoms with Gasteiger partial charge in [-0.2, -0.15) is 0 Å². The first kappa shape index (κ1) is 19.0. The van der Waals surface area contributed by atoms with Crippen molar-refractivity contribution in [3.63, 3.8) is 0 Å². The molecule has 0 aliphatic carbocycles. The number of hydrogen-bond acceptors (Lipinski definition) is 3. The zero-order valence-electron chi connectivity index (χ0n) is 15.9. The number of hydrogen-bond donors (Lipinski definition) is 0. The molecule has 0 spiro atoms. The van der Waals surface area contributed by atoms with E-state index in [1.54, 1.807) is 6.92 Å². The van der Waals surface area contributed by atoms with Crippen LogP contribution >= 0.6 is 0 Å². The monoisotopic (exact) mass is 340 g/mol. The van der Waals surface area contributed by atoms with E-state index in [9.17, 15) is 4.79 Å². The average Bonchev–Trinajstić information content (AvgIpc) is 2.61. The van der Waals surface area contributed by atoms with Gasteiger partial charge < -0.3 is 9.47 Å². The summed E-state index contributed by atoms with van der Waals surface area (Å²) >= 11 is 0. The van der Waals surface area contributed by atoms with Crippen LogP contribution in [0.15, 0.2) is 30.3 Å². The minimum atomic E-state index is -0.232. The predicted octanol–water partition coefficient (Wildman–Crippen LogP) is 5.32. The summed E-state index contributed by atoms with van der Waals surface area (Å²) in [5.74, 6) is 1.27. The third kappa shape index (κ3) is 4.62. The second-order valence-electron chi connectivity index (χ2n) is 6.26. The number of ether oxygens (including phenoxy) is 2. The molecule has 2 aromatic rings. The van der Waals surface area contributed by atoms with Crippen LogP contribution in [0.25, 0.3) is 0 Å². The number of benzene rings is 2. The second-order valence-corrected chi connectivity index (χ2v) is 6.26. The van der Waals surface area contributed by atoms with E-state index < -0.39 is 0 Å². The smallest absolute Gasteiger partial charge is 0.310 e. The van der Waals surface area contributed by atoms with E-state index in [1.165, 1.54) is 16.7 Å². The SMILES string of the molecule is CCC(=O)Oc1cccc(C)c1COc1cc(C)c(CC)cc1CC. The maximum Gasteiger partial charge on any atom is 0.310 e. The van der Waals surface area contributed by atoms with E-state index in [2.05, 4.69) is 32.9 Å². The Hall–Kier alpha value is -2.29. The van der Waals surface area contributed by atoms with Crippen molar-refractivity contribution < 1.29 is 14.3 Å². The van der Waals surface area contributed by atoms with Crippen molar-refractivity contribution >= 4 is 5.97 Å². The molecule has 0 aliphatic rings. The number of carbonyl (C=O) groups excluding carboxylic acids is 1. The van der Waals surface area contributed by atoms with E-state index >= 15 is 0 Å². The van der Waals surface area contributed by atoms with Crippen LogP contribution < -0.4 is 9.47 Å². The Morgan fingerprint density at radius 1 is 0.920 bits per heavy atom. The van der Waals surface area contributed by atoms with Gasteiger partial charge in [-0.1, -0.05) is 39.0 Å². The van der Waals surface area contributed by atoms with Crippen molar-refractivity contribution in [1.82, 2.24) is 0 Å². The third-order valence-electron chi connectivity index (χ3n) is 4.53. The highest BCUT2D eigenvalue weighted by Gasteiger charge is 2.13. The van der Waals surface area contributed by atoms with Gasteiger partial charge in [-0.25, -0.2) is 0 Å². The molecule has 2 rings (SSSR count). The lowest BCUT2D eigenvalue weighted by Crippen LogP contribution is -2.10. The zero-order valence-corrected chi connectivity index (χ0v) is 15.9. The van der Waals surface area contributed by atoms with Crippen molar-refractivity contribution in [3.05, 3.63) is 58.1 Å². The van der Waals surface area contributed by atoms with Gasteiger partial charge >= 0.3 is 5.97 Å². The van der Waals surface area contributed by atoms with Crippen LogP contribution in [0.2, 0.25) is 0 Å². The van der Waals surface area contributed by atoms with Crippen molar-refractivity contribution in [2.45, 2.75) is 60.5 Å². The standard InChI is InChI=1S/C22H28O3/c1-6-17-13-18(7-2)21(12-16(17)5)24-14-19-15(4)10-9-11-20(19)25-22(23)8-3/h9-13H,6-8,14H2,1-5H3. The molecule has 0 atom stereocenters. The van der Waals surface area contributed by atoms with Crippen molar-refractivity contribution in [2.75, 3.05) is 0 Å². The maximum absolute atomic E-state index is 11.7. The molecule has 0 saturated carbocycles. The van der Waals surface area contributed by atoms with Crippen molar-refractivity contribution in [2.24, 2.45) is 0 Å². The molecule has 0 aliphatic heterocycles. The first-order valence-corrected chi connectivity index (χ1v) is 9.04. The van der Waals surface area contributed by atoms with E-state index in [4.69, 9.17) is 9.47 Å². The van der Waals surface area contributed by atoms with Crippen LogP contribution in [0.4, 0.5) is 0 Å². The topological polar surface area (TPSA) is 35.5 Å². The zero-order chi connectivity index (χ0) is 18.4. The Labute approximate surface area is 151 Å². The lowest BCUT2D eigenvalue weighted by atomic mass is 10.0. The molecule has 0 bridgehead atoms. The summed E-state index contributed by atoms with van der Waals surface area (Å²) in [6.45, 7) is 10.6. The van der Waals surface area contributed by atoms with Crippen LogP contribution in [0, 0.1) is 13.8 Å². The third-order valence-corrected chi connectivity index (χ3v) is 4.53. The Bertz CT molecular complexity index is 747. The van der Waals surface area contributed by atoms with Crippen molar-refractivity contribution in [1.29, 1.82) is 0 Å². The summed E-state index contributed by atoms with van der Waals surface area (Å²) in [6.07, 6.45) is 2.30. The largest absolute Gasteiger partial charge is 0.488 e. The van der Waals surface area contributed by atoms with Gasteiger partial charge in [0.1, 0.15) is 18.1 Å². The van der Waals surface area contributed by atoms with E-state index in [0.29, 0.717) is 18.8 Å². The normalized spacial score (nSPS) is 10.6. The molecule has 0 saturated heterocycles. The van der Waals surface area contributed by atoms with Gasteiger partial charge in [-0.3, -0.25) is 4.79 Å². The Morgan fingerprint density at radius 2 is 1.64 bits per heavy atom. The van der Waals surface area contributed by atoms with Crippen LogP contribution in [0.5, 0.6) is 11.5 Å². The molecular formula is C22H28O3. The lowest BCUT2D eigenvalue weighted by Gasteiger charge is -2.17. The van der Waals surface area contributed by atoms with Crippen LogP contribution in [-0.4, -0.2) is 5.97 Å². The molecule has 0 heterocycles. The maximum atomic E-state index is 11.7. The Morgan fingerprint density at radius 3 is 2.28 bits per heavy atom. The fourth-order valence-corrected chi connectivity index (χ4v) is 2.87. The molecule has 0 aromatic heterocycles. The highest BCUT2D eigenvalue weighted by molar-refractivity contribution is 5.72. The minimum absolute atomic E-state index is 0.232. The summed E-state index contributed by atoms with van der Waals surface area (Å²) in [5.41, 5.74) is 5.79. The Kier molecular flexibility index (Phi) is 6.63. The molecule has 3 nitrogen and oxygen atoms in total. The van der Waals surface area contributed by atoms with Crippen LogP contribution in [-0.2, 0) is 24.2 Å². The summed E-state index contributed by atoms with van der Waals surface area (Å²) in [5, 5.41) is 0. The van der Waals surface area contributed by atoms with Crippen LogP contribution in [0.3, 0.4) is 0 Å². The van der Waals surface area contributed by atoms with Gasteiger partial charge in [-0.15, -0.1) is 0 Å².